The quantitative estimate of drug-likeness (QED) is 0.756. The van der Waals surface area contributed by atoms with Crippen LogP contribution in [0.25, 0.3) is 0 Å². The van der Waals surface area contributed by atoms with Gasteiger partial charge in [-0.2, -0.15) is 5.26 Å². The maximum atomic E-state index is 9.07. The number of fused-ring (bicyclic) bond motifs is 2. The molecule has 0 aromatic heterocycles. The van der Waals surface area contributed by atoms with Crippen molar-refractivity contribution in [2.24, 2.45) is 5.92 Å². The summed E-state index contributed by atoms with van der Waals surface area (Å²) in [7, 11) is 0. The van der Waals surface area contributed by atoms with E-state index in [1.54, 1.807) is 0 Å². The third kappa shape index (κ3) is 2.50. The lowest BCUT2D eigenvalue weighted by molar-refractivity contribution is 0.200. The van der Waals surface area contributed by atoms with E-state index >= 15 is 0 Å². The monoisotopic (exact) mass is 207 g/mol. The average molecular weight is 207 g/mol. The Morgan fingerprint density at radius 2 is 2.27 bits per heavy atom. The van der Waals surface area contributed by atoms with Crippen LogP contribution in [0.1, 0.15) is 33.1 Å². The number of piperidine rings is 1. The third-order valence-electron chi connectivity index (χ3n) is 3.63. The summed E-state index contributed by atoms with van der Waals surface area (Å²) < 4.78 is 0. The van der Waals surface area contributed by atoms with Crippen molar-refractivity contribution in [1.82, 2.24) is 10.2 Å². The van der Waals surface area contributed by atoms with E-state index in [1.165, 1.54) is 25.8 Å². The smallest absolute Gasteiger partial charge is 0.108 e. The zero-order valence-electron chi connectivity index (χ0n) is 9.74. The normalized spacial score (nSPS) is 32.1. The van der Waals surface area contributed by atoms with Gasteiger partial charge in [0.1, 0.15) is 6.04 Å². The van der Waals surface area contributed by atoms with Crippen LogP contribution in [0.15, 0.2) is 0 Å². The van der Waals surface area contributed by atoms with Crippen molar-refractivity contribution < 1.29 is 0 Å². The molecule has 3 atom stereocenters. The Kier molecular flexibility index (Phi) is 3.28. The largest absolute Gasteiger partial charge is 0.299 e. The van der Waals surface area contributed by atoms with Crippen molar-refractivity contribution in [3.63, 3.8) is 0 Å². The van der Waals surface area contributed by atoms with Crippen LogP contribution < -0.4 is 5.32 Å². The van der Waals surface area contributed by atoms with E-state index < -0.39 is 0 Å². The summed E-state index contributed by atoms with van der Waals surface area (Å²) in [5.41, 5.74) is 0. The summed E-state index contributed by atoms with van der Waals surface area (Å²) in [6.07, 6.45) is 4.14. The Morgan fingerprint density at radius 3 is 2.73 bits per heavy atom. The molecule has 2 bridgehead atoms. The maximum Gasteiger partial charge on any atom is 0.108 e. The summed E-state index contributed by atoms with van der Waals surface area (Å²) in [5.74, 6) is 0.924. The molecule has 2 fully saturated rings. The number of nitriles is 1. The molecule has 1 saturated carbocycles. The predicted molar refractivity (Wildman–Crippen MR) is 60.4 cm³/mol. The molecule has 3 heteroatoms. The van der Waals surface area contributed by atoms with Gasteiger partial charge in [0.05, 0.1) is 6.07 Å². The number of hydrogen-bond donors (Lipinski definition) is 1. The number of nitrogens with zero attached hydrogens (tertiary/aromatic N) is 2. The minimum atomic E-state index is 0.00403. The zero-order chi connectivity index (χ0) is 10.8. The minimum absolute atomic E-state index is 0.00403. The molecule has 0 aromatic rings. The van der Waals surface area contributed by atoms with Gasteiger partial charge in [0.25, 0.3) is 0 Å². The van der Waals surface area contributed by atoms with Crippen molar-refractivity contribution in [2.75, 3.05) is 13.1 Å². The molecule has 15 heavy (non-hydrogen) atoms. The SMILES string of the molecule is CC(C)NC(C#N)CN1CC2CCC1C2. The second kappa shape index (κ2) is 4.51. The van der Waals surface area contributed by atoms with Crippen molar-refractivity contribution in [2.45, 2.75) is 51.2 Å². The number of nitrogens with one attached hydrogen (secondary N) is 1. The Balaban J connectivity index is 1.83. The first kappa shape index (κ1) is 10.9. The fourth-order valence-corrected chi connectivity index (χ4v) is 3.02. The predicted octanol–water partition coefficient (Wildman–Crippen LogP) is 1.36. The van der Waals surface area contributed by atoms with Crippen LogP contribution in [-0.4, -0.2) is 36.1 Å². The lowest BCUT2D eigenvalue weighted by Gasteiger charge is -2.29. The van der Waals surface area contributed by atoms with Crippen LogP contribution in [0.3, 0.4) is 0 Å². The highest BCUT2D eigenvalue weighted by molar-refractivity contribution is 4.99. The average Bonchev–Trinajstić information content (AvgIpc) is 2.77. The third-order valence-corrected chi connectivity index (χ3v) is 3.63. The fraction of sp³-hybridized carbons (Fsp3) is 0.917. The molecule has 2 aliphatic rings. The first-order valence-electron chi connectivity index (χ1n) is 6.08. The summed E-state index contributed by atoms with van der Waals surface area (Å²) in [6.45, 7) is 6.33. The van der Waals surface area contributed by atoms with Gasteiger partial charge in [-0.05, 0) is 39.0 Å². The molecule has 0 amide bonds. The van der Waals surface area contributed by atoms with E-state index in [0.29, 0.717) is 6.04 Å². The highest BCUT2D eigenvalue weighted by Gasteiger charge is 2.38. The molecule has 0 aromatic carbocycles. The topological polar surface area (TPSA) is 39.1 Å². The Labute approximate surface area is 92.4 Å². The van der Waals surface area contributed by atoms with Gasteiger partial charge in [-0.25, -0.2) is 0 Å². The fourth-order valence-electron chi connectivity index (χ4n) is 3.02. The van der Waals surface area contributed by atoms with Crippen LogP contribution in [0.5, 0.6) is 0 Å². The molecule has 84 valence electrons. The molecular formula is C12H21N3. The van der Waals surface area contributed by atoms with Gasteiger partial charge < -0.3 is 0 Å². The van der Waals surface area contributed by atoms with E-state index in [-0.39, 0.29) is 6.04 Å². The van der Waals surface area contributed by atoms with Crippen molar-refractivity contribution in [3.8, 4) is 6.07 Å². The van der Waals surface area contributed by atoms with Gasteiger partial charge in [0.15, 0.2) is 0 Å². The van der Waals surface area contributed by atoms with Crippen LogP contribution in [0, 0.1) is 17.2 Å². The molecule has 1 saturated heterocycles. The number of rotatable bonds is 4. The molecule has 0 radical (unpaired) electrons. The summed E-state index contributed by atoms with van der Waals surface area (Å²) in [6, 6.07) is 3.55. The second-order valence-electron chi connectivity index (χ2n) is 5.29. The van der Waals surface area contributed by atoms with Crippen LogP contribution in [0.4, 0.5) is 0 Å². The van der Waals surface area contributed by atoms with Crippen molar-refractivity contribution in [3.05, 3.63) is 0 Å². The van der Waals surface area contributed by atoms with Gasteiger partial charge in [0, 0.05) is 25.2 Å². The standard InChI is InChI=1S/C12H21N3/c1-9(2)14-11(6-13)8-15-7-10-3-4-12(15)5-10/h9-12,14H,3-5,7-8H2,1-2H3. The van der Waals surface area contributed by atoms with E-state index in [2.05, 4.69) is 30.1 Å². The summed E-state index contributed by atoms with van der Waals surface area (Å²) in [5, 5.41) is 12.4. The van der Waals surface area contributed by atoms with Crippen molar-refractivity contribution >= 4 is 0 Å². The van der Waals surface area contributed by atoms with Gasteiger partial charge >= 0.3 is 0 Å². The molecule has 2 rings (SSSR count). The second-order valence-corrected chi connectivity index (χ2v) is 5.29. The van der Waals surface area contributed by atoms with Crippen LogP contribution in [-0.2, 0) is 0 Å². The van der Waals surface area contributed by atoms with Gasteiger partial charge in [-0.3, -0.25) is 10.2 Å². The van der Waals surface area contributed by atoms with Gasteiger partial charge in [0.2, 0.25) is 0 Å². The molecule has 0 spiro atoms. The molecular weight excluding hydrogens is 186 g/mol. The number of likely N-dealkylation sites (tertiary alicyclic amines) is 1. The van der Waals surface area contributed by atoms with Gasteiger partial charge in [-0.15, -0.1) is 0 Å². The first-order chi connectivity index (χ1) is 7.19. The highest BCUT2D eigenvalue weighted by Crippen LogP contribution is 2.37. The highest BCUT2D eigenvalue weighted by atomic mass is 15.2. The summed E-state index contributed by atoms with van der Waals surface area (Å²) >= 11 is 0. The Morgan fingerprint density at radius 1 is 1.47 bits per heavy atom. The van der Waals surface area contributed by atoms with Crippen LogP contribution >= 0.6 is 0 Å². The van der Waals surface area contributed by atoms with E-state index in [0.717, 1.165) is 18.5 Å². The van der Waals surface area contributed by atoms with Crippen molar-refractivity contribution in [1.29, 1.82) is 5.26 Å². The first-order valence-corrected chi connectivity index (χ1v) is 6.08. The van der Waals surface area contributed by atoms with E-state index in [4.69, 9.17) is 5.26 Å². The molecule has 1 N–H and O–H groups in total. The zero-order valence-corrected chi connectivity index (χ0v) is 9.74. The lowest BCUT2D eigenvalue weighted by Crippen LogP contribution is -2.45. The maximum absolute atomic E-state index is 9.07. The Bertz CT molecular complexity index is 256. The molecule has 1 aliphatic heterocycles. The number of hydrogen-bond acceptors (Lipinski definition) is 3. The molecule has 3 nitrogen and oxygen atoms in total. The molecule has 1 aliphatic carbocycles. The summed E-state index contributed by atoms with van der Waals surface area (Å²) in [4.78, 5) is 2.51. The Hall–Kier alpha value is -0.590. The van der Waals surface area contributed by atoms with E-state index in [9.17, 15) is 0 Å². The minimum Gasteiger partial charge on any atom is -0.299 e. The van der Waals surface area contributed by atoms with Gasteiger partial charge in [-0.1, -0.05) is 0 Å². The molecule has 3 unspecified atom stereocenters. The molecule has 1 heterocycles. The lowest BCUT2D eigenvalue weighted by atomic mass is 10.1. The van der Waals surface area contributed by atoms with E-state index in [1.807, 2.05) is 0 Å². The van der Waals surface area contributed by atoms with Crippen LogP contribution in [0.2, 0.25) is 0 Å².